The maximum atomic E-state index is 6.07. The fraction of sp³-hybridized carbons (Fsp3) is 0.625. The lowest BCUT2D eigenvalue weighted by Crippen LogP contribution is -2.16. The van der Waals surface area contributed by atoms with Crippen molar-refractivity contribution in [3.8, 4) is 5.75 Å². The normalized spacial score (nSPS) is 18.6. The molecular formula is C16H22BrNO. The number of rotatable bonds is 7. The summed E-state index contributed by atoms with van der Waals surface area (Å²) in [6.07, 6.45) is 6.66. The summed E-state index contributed by atoms with van der Waals surface area (Å²) in [6.45, 7) is 3.92. The molecule has 1 aromatic carbocycles. The van der Waals surface area contributed by atoms with Crippen LogP contribution in [0.25, 0.3) is 0 Å². The molecule has 104 valence electrons. The van der Waals surface area contributed by atoms with Gasteiger partial charge in [-0.15, -0.1) is 0 Å². The molecule has 0 unspecified atom stereocenters. The molecule has 0 saturated heterocycles. The van der Waals surface area contributed by atoms with E-state index in [-0.39, 0.29) is 0 Å². The van der Waals surface area contributed by atoms with Crippen molar-refractivity contribution in [3.05, 3.63) is 27.7 Å². The van der Waals surface area contributed by atoms with E-state index in [2.05, 4.69) is 40.3 Å². The number of nitrogens with one attached hydrogen (secondary N) is 1. The van der Waals surface area contributed by atoms with Gasteiger partial charge in [-0.3, -0.25) is 0 Å². The second-order valence-corrected chi connectivity index (χ2v) is 6.86. The van der Waals surface area contributed by atoms with E-state index < -0.39 is 0 Å². The lowest BCUT2D eigenvalue weighted by atomic mass is 10.1. The lowest BCUT2D eigenvalue weighted by molar-refractivity contribution is 0.296. The Balaban J connectivity index is 1.65. The number of aryl methyl sites for hydroxylation is 1. The maximum Gasteiger partial charge on any atom is 0.126 e. The molecular weight excluding hydrogens is 302 g/mol. The first-order valence-electron chi connectivity index (χ1n) is 7.37. The SMILES string of the molecule is Cc1cc(Br)cc(CNC2CC2)c1OCCC1CC1. The van der Waals surface area contributed by atoms with Crippen molar-refractivity contribution in [3.63, 3.8) is 0 Å². The largest absolute Gasteiger partial charge is 0.493 e. The van der Waals surface area contributed by atoms with Gasteiger partial charge in [0.1, 0.15) is 5.75 Å². The Morgan fingerprint density at radius 3 is 2.74 bits per heavy atom. The predicted molar refractivity (Wildman–Crippen MR) is 81.6 cm³/mol. The van der Waals surface area contributed by atoms with Gasteiger partial charge in [-0.2, -0.15) is 0 Å². The smallest absolute Gasteiger partial charge is 0.126 e. The minimum absolute atomic E-state index is 0.735. The Morgan fingerprint density at radius 1 is 1.26 bits per heavy atom. The van der Waals surface area contributed by atoms with Gasteiger partial charge in [0.2, 0.25) is 0 Å². The van der Waals surface area contributed by atoms with E-state index in [1.165, 1.54) is 43.2 Å². The van der Waals surface area contributed by atoms with Crippen LogP contribution in [0.15, 0.2) is 16.6 Å². The summed E-state index contributed by atoms with van der Waals surface area (Å²) in [5.41, 5.74) is 2.52. The van der Waals surface area contributed by atoms with Crippen LogP contribution in [0.3, 0.4) is 0 Å². The van der Waals surface area contributed by atoms with Gasteiger partial charge < -0.3 is 10.1 Å². The van der Waals surface area contributed by atoms with E-state index in [4.69, 9.17) is 4.74 Å². The van der Waals surface area contributed by atoms with Gasteiger partial charge in [0.25, 0.3) is 0 Å². The van der Waals surface area contributed by atoms with Crippen molar-refractivity contribution in [1.29, 1.82) is 0 Å². The number of halogens is 1. The predicted octanol–water partition coefficient (Wildman–Crippen LogP) is 4.19. The van der Waals surface area contributed by atoms with Crippen molar-refractivity contribution >= 4 is 15.9 Å². The van der Waals surface area contributed by atoms with Gasteiger partial charge in [0, 0.05) is 22.6 Å². The van der Waals surface area contributed by atoms with E-state index in [0.29, 0.717) is 0 Å². The summed E-state index contributed by atoms with van der Waals surface area (Å²) in [5.74, 6) is 2.03. The third-order valence-electron chi connectivity index (χ3n) is 3.94. The summed E-state index contributed by atoms with van der Waals surface area (Å²) >= 11 is 3.59. The fourth-order valence-electron chi connectivity index (χ4n) is 2.41. The molecule has 2 fully saturated rings. The molecule has 3 rings (SSSR count). The molecule has 0 bridgehead atoms. The average Bonchev–Trinajstić information content (AvgIpc) is 3.24. The Kier molecular flexibility index (Phi) is 4.13. The van der Waals surface area contributed by atoms with Crippen molar-refractivity contribution < 1.29 is 4.74 Å². The molecule has 0 heterocycles. The first kappa shape index (κ1) is 13.4. The third kappa shape index (κ3) is 3.96. The minimum atomic E-state index is 0.735. The van der Waals surface area contributed by atoms with Crippen molar-refractivity contribution in [2.45, 2.75) is 51.6 Å². The third-order valence-corrected chi connectivity index (χ3v) is 4.40. The molecule has 2 aliphatic carbocycles. The van der Waals surface area contributed by atoms with Crippen LogP contribution in [0.5, 0.6) is 5.75 Å². The minimum Gasteiger partial charge on any atom is -0.493 e. The van der Waals surface area contributed by atoms with Crippen LogP contribution in [-0.2, 0) is 6.54 Å². The zero-order valence-corrected chi connectivity index (χ0v) is 13.1. The first-order chi connectivity index (χ1) is 9.22. The van der Waals surface area contributed by atoms with Crippen LogP contribution in [-0.4, -0.2) is 12.6 Å². The molecule has 0 amide bonds. The Morgan fingerprint density at radius 2 is 2.05 bits per heavy atom. The topological polar surface area (TPSA) is 21.3 Å². The summed E-state index contributed by atoms with van der Waals surface area (Å²) in [5, 5.41) is 3.58. The van der Waals surface area contributed by atoms with E-state index in [1.54, 1.807) is 0 Å². The molecule has 19 heavy (non-hydrogen) atoms. The van der Waals surface area contributed by atoms with E-state index in [9.17, 15) is 0 Å². The highest BCUT2D eigenvalue weighted by Crippen LogP contribution is 2.34. The molecule has 0 aromatic heterocycles. The number of hydrogen-bond acceptors (Lipinski definition) is 2. The van der Waals surface area contributed by atoms with Crippen LogP contribution in [0, 0.1) is 12.8 Å². The highest BCUT2D eigenvalue weighted by atomic mass is 79.9. The highest BCUT2D eigenvalue weighted by Gasteiger charge is 2.22. The van der Waals surface area contributed by atoms with Gasteiger partial charge >= 0.3 is 0 Å². The average molecular weight is 324 g/mol. The zero-order chi connectivity index (χ0) is 13.2. The molecule has 2 nitrogen and oxygen atoms in total. The van der Waals surface area contributed by atoms with Crippen LogP contribution < -0.4 is 10.1 Å². The summed E-state index contributed by atoms with van der Waals surface area (Å²) in [6, 6.07) is 5.07. The second-order valence-electron chi connectivity index (χ2n) is 5.95. The lowest BCUT2D eigenvalue weighted by Gasteiger charge is -2.15. The first-order valence-corrected chi connectivity index (χ1v) is 8.17. The fourth-order valence-corrected chi connectivity index (χ4v) is 3.03. The Hall–Kier alpha value is -0.540. The Bertz CT molecular complexity index is 452. The van der Waals surface area contributed by atoms with Crippen molar-refractivity contribution in [1.82, 2.24) is 5.32 Å². The molecule has 0 atom stereocenters. The molecule has 1 N–H and O–H groups in total. The molecule has 2 aliphatic rings. The molecule has 0 spiro atoms. The summed E-state index contributed by atoms with van der Waals surface area (Å²) < 4.78 is 7.21. The molecule has 0 radical (unpaired) electrons. The summed E-state index contributed by atoms with van der Waals surface area (Å²) in [7, 11) is 0. The van der Waals surface area contributed by atoms with Gasteiger partial charge in [0.15, 0.2) is 0 Å². The van der Waals surface area contributed by atoms with Crippen molar-refractivity contribution in [2.24, 2.45) is 5.92 Å². The van der Waals surface area contributed by atoms with E-state index >= 15 is 0 Å². The standard InChI is InChI=1S/C16H22BrNO/c1-11-8-14(17)9-13(10-18-15-4-5-15)16(11)19-7-6-12-2-3-12/h8-9,12,15,18H,2-7,10H2,1H3. The van der Waals surface area contributed by atoms with Crippen LogP contribution in [0.4, 0.5) is 0 Å². The molecule has 2 saturated carbocycles. The highest BCUT2D eigenvalue weighted by molar-refractivity contribution is 9.10. The van der Waals surface area contributed by atoms with Crippen LogP contribution in [0.2, 0.25) is 0 Å². The van der Waals surface area contributed by atoms with E-state index in [0.717, 1.165) is 35.3 Å². The quantitative estimate of drug-likeness (QED) is 0.812. The monoisotopic (exact) mass is 323 g/mol. The second kappa shape index (κ2) is 5.84. The zero-order valence-electron chi connectivity index (χ0n) is 11.5. The molecule has 0 aliphatic heterocycles. The maximum absolute atomic E-state index is 6.07. The van der Waals surface area contributed by atoms with E-state index in [1.807, 2.05) is 0 Å². The van der Waals surface area contributed by atoms with Crippen LogP contribution in [0.1, 0.15) is 43.2 Å². The van der Waals surface area contributed by atoms with Gasteiger partial charge in [0.05, 0.1) is 6.61 Å². The number of ether oxygens (including phenoxy) is 1. The number of benzene rings is 1. The van der Waals surface area contributed by atoms with Gasteiger partial charge in [-0.05, 0) is 49.8 Å². The van der Waals surface area contributed by atoms with Crippen LogP contribution >= 0.6 is 15.9 Å². The van der Waals surface area contributed by atoms with Gasteiger partial charge in [-0.1, -0.05) is 28.8 Å². The van der Waals surface area contributed by atoms with Crippen molar-refractivity contribution in [2.75, 3.05) is 6.61 Å². The molecule has 3 heteroatoms. The molecule has 1 aromatic rings. The summed E-state index contributed by atoms with van der Waals surface area (Å²) in [4.78, 5) is 0. The number of hydrogen-bond donors (Lipinski definition) is 1. The van der Waals surface area contributed by atoms with Gasteiger partial charge in [-0.25, -0.2) is 0 Å². The Labute approximate surface area is 124 Å².